The SMILES string of the molecule is O=C(COc1ccccc1-c1nc2ccccc2s1)Nc1ccc2c(c1)OCO2. The highest BCUT2D eigenvalue weighted by atomic mass is 32.1. The van der Waals surface area contributed by atoms with E-state index in [9.17, 15) is 4.79 Å². The van der Waals surface area contributed by atoms with Crippen molar-refractivity contribution in [3.05, 3.63) is 66.7 Å². The molecular formula is C22H16N2O4S. The molecule has 0 saturated carbocycles. The molecule has 0 unspecified atom stereocenters. The number of hydrogen-bond acceptors (Lipinski definition) is 6. The van der Waals surface area contributed by atoms with Gasteiger partial charge in [-0.1, -0.05) is 24.3 Å². The molecule has 1 N–H and O–H groups in total. The van der Waals surface area contributed by atoms with Crippen molar-refractivity contribution in [1.82, 2.24) is 4.98 Å². The van der Waals surface area contributed by atoms with Crippen LogP contribution in [0.4, 0.5) is 5.69 Å². The predicted octanol–water partition coefficient (Wildman–Crippen LogP) is 4.71. The second kappa shape index (κ2) is 7.44. The lowest BCUT2D eigenvalue weighted by atomic mass is 10.2. The van der Waals surface area contributed by atoms with Gasteiger partial charge >= 0.3 is 0 Å². The van der Waals surface area contributed by atoms with Gasteiger partial charge in [-0.15, -0.1) is 11.3 Å². The lowest BCUT2D eigenvalue weighted by Crippen LogP contribution is -2.20. The molecular weight excluding hydrogens is 388 g/mol. The van der Waals surface area contributed by atoms with Crippen LogP contribution in [0.15, 0.2) is 66.7 Å². The van der Waals surface area contributed by atoms with Crippen molar-refractivity contribution >= 4 is 33.1 Å². The van der Waals surface area contributed by atoms with Crippen LogP contribution >= 0.6 is 11.3 Å². The van der Waals surface area contributed by atoms with E-state index in [-0.39, 0.29) is 19.3 Å². The van der Waals surface area contributed by atoms with Crippen LogP contribution in [-0.2, 0) is 4.79 Å². The third-order valence-corrected chi connectivity index (χ3v) is 5.50. The number of anilines is 1. The Hall–Kier alpha value is -3.58. The highest BCUT2D eigenvalue weighted by molar-refractivity contribution is 7.21. The number of hydrogen-bond donors (Lipinski definition) is 1. The first-order valence-corrected chi connectivity index (χ1v) is 9.85. The van der Waals surface area contributed by atoms with Gasteiger partial charge in [0.05, 0.1) is 15.8 Å². The Bertz CT molecular complexity index is 1170. The Morgan fingerprint density at radius 3 is 2.79 bits per heavy atom. The Kier molecular flexibility index (Phi) is 4.50. The Morgan fingerprint density at radius 1 is 1.03 bits per heavy atom. The fourth-order valence-electron chi connectivity index (χ4n) is 3.07. The maximum atomic E-state index is 12.4. The first-order chi connectivity index (χ1) is 14.3. The highest BCUT2D eigenvalue weighted by Gasteiger charge is 2.15. The first-order valence-electron chi connectivity index (χ1n) is 9.03. The third kappa shape index (κ3) is 3.60. The molecule has 1 aliphatic rings. The molecule has 0 spiro atoms. The van der Waals surface area contributed by atoms with Crippen molar-refractivity contribution in [2.75, 3.05) is 18.7 Å². The van der Waals surface area contributed by atoms with Crippen molar-refractivity contribution < 1.29 is 19.0 Å². The van der Waals surface area contributed by atoms with E-state index < -0.39 is 0 Å². The normalized spacial score (nSPS) is 12.1. The second-order valence-electron chi connectivity index (χ2n) is 6.39. The van der Waals surface area contributed by atoms with Gasteiger partial charge in [0.15, 0.2) is 18.1 Å². The second-order valence-corrected chi connectivity index (χ2v) is 7.42. The number of carbonyl (C=O) groups excluding carboxylic acids is 1. The summed E-state index contributed by atoms with van der Waals surface area (Å²) in [5, 5.41) is 3.67. The zero-order valence-corrected chi connectivity index (χ0v) is 16.1. The van der Waals surface area contributed by atoms with Gasteiger partial charge in [-0.25, -0.2) is 4.98 Å². The molecule has 0 bridgehead atoms. The highest BCUT2D eigenvalue weighted by Crippen LogP contribution is 2.36. The van der Waals surface area contributed by atoms with E-state index in [1.54, 1.807) is 29.5 Å². The number of nitrogens with one attached hydrogen (secondary N) is 1. The summed E-state index contributed by atoms with van der Waals surface area (Å²) in [5.74, 6) is 1.64. The molecule has 4 aromatic rings. The van der Waals surface area contributed by atoms with E-state index in [4.69, 9.17) is 14.2 Å². The van der Waals surface area contributed by atoms with Gasteiger partial charge in [0.2, 0.25) is 6.79 Å². The summed E-state index contributed by atoms with van der Waals surface area (Å²) in [6.45, 7) is 0.0781. The van der Waals surface area contributed by atoms with E-state index in [1.165, 1.54) is 0 Å². The van der Waals surface area contributed by atoms with E-state index in [0.717, 1.165) is 20.8 Å². The van der Waals surface area contributed by atoms with Crippen LogP contribution in [0.2, 0.25) is 0 Å². The van der Waals surface area contributed by atoms with Gasteiger partial charge < -0.3 is 19.5 Å². The van der Waals surface area contributed by atoms with E-state index in [2.05, 4.69) is 10.3 Å². The molecule has 6 nitrogen and oxygen atoms in total. The molecule has 2 heterocycles. The molecule has 5 rings (SSSR count). The van der Waals surface area contributed by atoms with E-state index >= 15 is 0 Å². The molecule has 0 saturated heterocycles. The van der Waals surface area contributed by atoms with Crippen molar-refractivity contribution in [2.24, 2.45) is 0 Å². The summed E-state index contributed by atoms with van der Waals surface area (Å²) >= 11 is 1.60. The molecule has 0 radical (unpaired) electrons. The Balaban J connectivity index is 1.30. The van der Waals surface area contributed by atoms with E-state index in [0.29, 0.717) is 22.9 Å². The molecule has 0 fully saturated rings. The molecule has 1 aliphatic heterocycles. The van der Waals surface area contributed by atoms with Crippen molar-refractivity contribution in [1.29, 1.82) is 0 Å². The van der Waals surface area contributed by atoms with Crippen LogP contribution in [0.5, 0.6) is 17.2 Å². The molecule has 1 amide bonds. The van der Waals surface area contributed by atoms with Gasteiger partial charge in [-0.2, -0.15) is 0 Å². The maximum Gasteiger partial charge on any atom is 0.262 e. The van der Waals surface area contributed by atoms with Crippen LogP contribution in [0, 0.1) is 0 Å². The number of amides is 1. The number of para-hydroxylation sites is 2. The monoisotopic (exact) mass is 404 g/mol. The summed E-state index contributed by atoms with van der Waals surface area (Å²) in [4.78, 5) is 17.0. The Morgan fingerprint density at radius 2 is 1.86 bits per heavy atom. The summed E-state index contributed by atoms with van der Waals surface area (Å²) in [6, 6.07) is 20.8. The fraction of sp³-hybridized carbons (Fsp3) is 0.0909. The zero-order chi connectivity index (χ0) is 19.6. The third-order valence-electron chi connectivity index (χ3n) is 4.43. The summed E-state index contributed by atoms with van der Waals surface area (Å²) in [7, 11) is 0. The van der Waals surface area contributed by atoms with Crippen molar-refractivity contribution in [3.63, 3.8) is 0 Å². The number of benzene rings is 3. The van der Waals surface area contributed by atoms with Gasteiger partial charge in [-0.05, 0) is 36.4 Å². The average molecular weight is 404 g/mol. The van der Waals surface area contributed by atoms with Gasteiger partial charge in [0.25, 0.3) is 5.91 Å². The number of nitrogens with zero attached hydrogens (tertiary/aromatic N) is 1. The standard InChI is InChI=1S/C22H16N2O4S/c25-21(23-14-9-10-18-19(11-14)28-13-27-18)12-26-17-7-3-1-5-15(17)22-24-16-6-2-4-8-20(16)29-22/h1-11H,12-13H2,(H,23,25). The summed E-state index contributed by atoms with van der Waals surface area (Å²) in [5.41, 5.74) is 2.44. The largest absolute Gasteiger partial charge is 0.483 e. The zero-order valence-electron chi connectivity index (χ0n) is 15.3. The minimum atomic E-state index is -0.261. The first kappa shape index (κ1) is 17.5. The van der Waals surface area contributed by atoms with Gasteiger partial charge in [0.1, 0.15) is 10.8 Å². The molecule has 29 heavy (non-hydrogen) atoms. The Labute approximate surface area is 170 Å². The van der Waals surface area contributed by atoms with Crippen molar-refractivity contribution in [2.45, 2.75) is 0 Å². The predicted molar refractivity (Wildman–Crippen MR) is 112 cm³/mol. The smallest absolute Gasteiger partial charge is 0.262 e. The van der Waals surface area contributed by atoms with Gasteiger partial charge in [0, 0.05) is 11.8 Å². The molecule has 0 aliphatic carbocycles. The molecule has 7 heteroatoms. The number of rotatable bonds is 5. The number of fused-ring (bicyclic) bond motifs is 2. The molecule has 1 aromatic heterocycles. The topological polar surface area (TPSA) is 69.7 Å². The lowest BCUT2D eigenvalue weighted by Gasteiger charge is -2.10. The lowest BCUT2D eigenvalue weighted by molar-refractivity contribution is -0.118. The number of ether oxygens (including phenoxy) is 3. The molecule has 144 valence electrons. The minimum absolute atomic E-state index is 0.115. The number of aromatic nitrogens is 1. The average Bonchev–Trinajstić information content (AvgIpc) is 3.38. The molecule has 0 atom stereocenters. The van der Waals surface area contributed by atoms with Gasteiger partial charge in [-0.3, -0.25) is 4.79 Å². The van der Waals surface area contributed by atoms with Crippen molar-refractivity contribution in [3.8, 4) is 27.8 Å². The van der Waals surface area contributed by atoms with Crippen LogP contribution in [0.1, 0.15) is 0 Å². The van der Waals surface area contributed by atoms with Crippen LogP contribution in [0.25, 0.3) is 20.8 Å². The summed E-state index contributed by atoms with van der Waals surface area (Å²) in [6.07, 6.45) is 0. The molecule has 3 aromatic carbocycles. The summed E-state index contributed by atoms with van der Waals surface area (Å²) < 4.78 is 17.5. The minimum Gasteiger partial charge on any atom is -0.483 e. The van der Waals surface area contributed by atoms with Crippen LogP contribution in [0.3, 0.4) is 0 Å². The van der Waals surface area contributed by atoms with Crippen LogP contribution < -0.4 is 19.5 Å². The number of carbonyl (C=O) groups is 1. The quantitative estimate of drug-likeness (QED) is 0.522. The number of thiazole rings is 1. The maximum absolute atomic E-state index is 12.4. The van der Waals surface area contributed by atoms with Crippen LogP contribution in [-0.4, -0.2) is 24.3 Å². The van der Waals surface area contributed by atoms with E-state index in [1.807, 2.05) is 48.5 Å². The fourth-order valence-corrected chi connectivity index (χ4v) is 4.07.